The van der Waals surface area contributed by atoms with E-state index in [-0.39, 0.29) is 11.3 Å². The molecule has 3 aromatic rings. The summed E-state index contributed by atoms with van der Waals surface area (Å²) in [5.74, 6) is -1.07. The van der Waals surface area contributed by atoms with Crippen LogP contribution in [0.1, 0.15) is 22.9 Å². The van der Waals surface area contributed by atoms with Crippen LogP contribution in [-0.4, -0.2) is 43.0 Å². The Morgan fingerprint density at radius 2 is 1.79 bits per heavy atom. The first-order valence-corrected chi connectivity index (χ1v) is 10.5. The SMILES string of the molecule is COc1ccc(/C(O)=C2/C(=O)C(=O)N(c3ccc(N(C)C)cc3)C2c2ccccn2)c(C)c1. The highest BCUT2D eigenvalue weighted by Crippen LogP contribution is 2.42. The fraction of sp³-hybridized carbons (Fsp3) is 0.192. The van der Waals surface area contributed by atoms with E-state index in [1.165, 1.54) is 4.90 Å². The maximum Gasteiger partial charge on any atom is 0.300 e. The van der Waals surface area contributed by atoms with E-state index in [0.717, 1.165) is 5.69 Å². The molecule has 1 N–H and O–H groups in total. The lowest BCUT2D eigenvalue weighted by molar-refractivity contribution is -0.132. The van der Waals surface area contributed by atoms with Gasteiger partial charge in [0.05, 0.1) is 18.4 Å². The molecule has 1 unspecified atom stereocenters. The van der Waals surface area contributed by atoms with E-state index in [4.69, 9.17) is 4.74 Å². The second-order valence-corrected chi connectivity index (χ2v) is 8.02. The van der Waals surface area contributed by atoms with Crippen molar-refractivity contribution in [2.45, 2.75) is 13.0 Å². The summed E-state index contributed by atoms with van der Waals surface area (Å²) >= 11 is 0. The van der Waals surface area contributed by atoms with Gasteiger partial charge in [-0.15, -0.1) is 0 Å². The van der Waals surface area contributed by atoms with Crippen molar-refractivity contribution >= 4 is 28.8 Å². The first kappa shape index (κ1) is 22.1. The molecule has 1 aliphatic heterocycles. The third kappa shape index (κ3) is 3.93. The van der Waals surface area contributed by atoms with Crippen LogP contribution in [0.2, 0.25) is 0 Å². The molecule has 168 valence electrons. The van der Waals surface area contributed by atoms with Crippen molar-refractivity contribution in [3.8, 4) is 5.75 Å². The average Bonchev–Trinajstić information content (AvgIpc) is 3.09. The monoisotopic (exact) mass is 443 g/mol. The molecule has 7 heteroatoms. The fourth-order valence-electron chi connectivity index (χ4n) is 4.00. The highest BCUT2D eigenvalue weighted by molar-refractivity contribution is 6.51. The van der Waals surface area contributed by atoms with Gasteiger partial charge in [-0.25, -0.2) is 0 Å². The molecule has 0 bridgehead atoms. The van der Waals surface area contributed by atoms with Gasteiger partial charge in [-0.05, 0) is 67.1 Å². The molecule has 7 nitrogen and oxygen atoms in total. The number of aliphatic hydroxyl groups excluding tert-OH is 1. The van der Waals surface area contributed by atoms with E-state index < -0.39 is 17.7 Å². The highest BCUT2D eigenvalue weighted by Gasteiger charge is 2.47. The minimum atomic E-state index is -0.863. The quantitative estimate of drug-likeness (QED) is 0.363. The van der Waals surface area contributed by atoms with Crippen molar-refractivity contribution in [3.05, 3.63) is 89.3 Å². The van der Waals surface area contributed by atoms with Gasteiger partial charge in [0, 0.05) is 37.2 Å². The van der Waals surface area contributed by atoms with Crippen LogP contribution in [0.5, 0.6) is 5.75 Å². The average molecular weight is 444 g/mol. The van der Waals surface area contributed by atoms with Crippen LogP contribution in [0.4, 0.5) is 11.4 Å². The zero-order valence-corrected chi connectivity index (χ0v) is 18.9. The van der Waals surface area contributed by atoms with E-state index >= 15 is 0 Å². The second-order valence-electron chi connectivity index (χ2n) is 8.02. The number of carbonyl (C=O) groups excluding carboxylic acids is 2. The molecule has 1 aromatic heterocycles. The Morgan fingerprint density at radius 1 is 1.06 bits per heavy atom. The smallest absolute Gasteiger partial charge is 0.300 e. The summed E-state index contributed by atoms with van der Waals surface area (Å²) in [4.78, 5) is 34.2. The summed E-state index contributed by atoms with van der Waals surface area (Å²) in [5, 5.41) is 11.3. The van der Waals surface area contributed by atoms with Crippen LogP contribution in [0.15, 0.2) is 72.4 Å². The molecule has 1 aliphatic rings. The summed E-state index contributed by atoms with van der Waals surface area (Å²) in [7, 11) is 5.40. The normalized spacial score (nSPS) is 17.3. The number of nitrogens with zero attached hydrogens (tertiary/aromatic N) is 3. The zero-order chi connectivity index (χ0) is 23.7. The lowest BCUT2D eigenvalue weighted by Crippen LogP contribution is -2.29. The summed E-state index contributed by atoms with van der Waals surface area (Å²) in [6.45, 7) is 1.81. The Balaban J connectivity index is 1.90. The molecule has 0 aliphatic carbocycles. The lowest BCUT2D eigenvalue weighted by atomic mass is 9.96. The number of ether oxygens (including phenoxy) is 1. The van der Waals surface area contributed by atoms with Crippen LogP contribution in [0.3, 0.4) is 0 Å². The predicted octanol–water partition coefficient (Wildman–Crippen LogP) is 4.09. The van der Waals surface area contributed by atoms with Gasteiger partial charge in [-0.1, -0.05) is 6.07 Å². The zero-order valence-electron chi connectivity index (χ0n) is 18.9. The molecule has 1 saturated heterocycles. The molecule has 33 heavy (non-hydrogen) atoms. The molecule has 1 atom stereocenters. The Labute approximate surface area is 192 Å². The summed E-state index contributed by atoms with van der Waals surface area (Å²) in [5.41, 5.74) is 3.16. The number of rotatable bonds is 5. The molecular formula is C26H25N3O4. The summed E-state index contributed by atoms with van der Waals surface area (Å²) in [6.07, 6.45) is 1.60. The number of Topliss-reactive ketones (excluding diaryl/α,β-unsaturated/α-hetero) is 1. The highest BCUT2D eigenvalue weighted by atomic mass is 16.5. The van der Waals surface area contributed by atoms with Gasteiger partial charge in [0.1, 0.15) is 17.6 Å². The van der Waals surface area contributed by atoms with Gasteiger partial charge in [0.15, 0.2) is 0 Å². The van der Waals surface area contributed by atoms with Crippen molar-refractivity contribution in [2.75, 3.05) is 31.0 Å². The number of carbonyl (C=O) groups is 2. The van der Waals surface area contributed by atoms with E-state index in [1.807, 2.05) is 38.1 Å². The fourth-order valence-corrected chi connectivity index (χ4v) is 4.00. The number of methoxy groups -OCH3 is 1. The van der Waals surface area contributed by atoms with E-state index in [1.54, 1.807) is 61.8 Å². The third-order valence-corrected chi connectivity index (χ3v) is 5.75. The van der Waals surface area contributed by atoms with Gasteiger partial charge in [0.25, 0.3) is 11.7 Å². The minimum Gasteiger partial charge on any atom is -0.507 e. The van der Waals surface area contributed by atoms with Gasteiger partial charge in [-0.3, -0.25) is 19.5 Å². The Morgan fingerprint density at radius 3 is 2.36 bits per heavy atom. The maximum absolute atomic E-state index is 13.2. The number of aromatic nitrogens is 1. The molecular weight excluding hydrogens is 418 g/mol. The van der Waals surface area contributed by atoms with Crippen molar-refractivity contribution in [2.24, 2.45) is 0 Å². The number of anilines is 2. The van der Waals surface area contributed by atoms with E-state index in [9.17, 15) is 14.7 Å². The first-order chi connectivity index (χ1) is 15.8. The van der Waals surface area contributed by atoms with Gasteiger partial charge in [0.2, 0.25) is 0 Å². The third-order valence-electron chi connectivity index (χ3n) is 5.75. The number of pyridine rings is 1. The number of aryl methyl sites for hydroxylation is 1. The number of amides is 1. The van der Waals surface area contributed by atoms with Crippen LogP contribution in [0.25, 0.3) is 5.76 Å². The van der Waals surface area contributed by atoms with Crippen molar-refractivity contribution in [3.63, 3.8) is 0 Å². The topological polar surface area (TPSA) is 83.0 Å². The lowest BCUT2D eigenvalue weighted by Gasteiger charge is -2.25. The number of benzene rings is 2. The molecule has 0 spiro atoms. The predicted molar refractivity (Wildman–Crippen MR) is 128 cm³/mol. The Hall–Kier alpha value is -4.13. The van der Waals surface area contributed by atoms with Crippen LogP contribution in [-0.2, 0) is 9.59 Å². The Bertz CT molecular complexity index is 1230. The van der Waals surface area contributed by atoms with E-state index in [0.29, 0.717) is 28.3 Å². The number of ketones is 1. The van der Waals surface area contributed by atoms with Crippen LogP contribution in [0, 0.1) is 6.92 Å². The molecule has 1 amide bonds. The van der Waals surface area contributed by atoms with Crippen LogP contribution < -0.4 is 14.5 Å². The number of hydrogen-bond acceptors (Lipinski definition) is 6. The molecule has 0 saturated carbocycles. The number of aliphatic hydroxyl groups is 1. The van der Waals surface area contributed by atoms with Crippen LogP contribution >= 0.6 is 0 Å². The summed E-state index contributed by atoms with van der Waals surface area (Å²) < 4.78 is 5.24. The largest absolute Gasteiger partial charge is 0.507 e. The molecule has 4 rings (SSSR count). The van der Waals surface area contributed by atoms with E-state index in [2.05, 4.69) is 4.98 Å². The standard InChI is InChI=1S/C26H25N3O4/c1-16-15-19(33-4)12-13-20(16)24(30)22-23(21-7-5-6-14-27-21)29(26(32)25(22)31)18-10-8-17(9-11-18)28(2)3/h5-15,23,30H,1-4H3/b24-22-. The molecule has 2 aromatic carbocycles. The van der Waals surface area contributed by atoms with Gasteiger partial charge >= 0.3 is 0 Å². The number of hydrogen-bond donors (Lipinski definition) is 1. The second kappa shape index (κ2) is 8.78. The minimum absolute atomic E-state index is 0.00338. The van der Waals surface area contributed by atoms with Crippen molar-refractivity contribution in [1.82, 2.24) is 4.98 Å². The molecule has 2 heterocycles. The Kier molecular flexibility index (Phi) is 5.87. The molecule has 0 radical (unpaired) electrons. The van der Waals surface area contributed by atoms with Gasteiger partial charge < -0.3 is 14.7 Å². The summed E-state index contributed by atoms with van der Waals surface area (Å²) in [6, 6.07) is 16.9. The van der Waals surface area contributed by atoms with Crippen molar-refractivity contribution in [1.29, 1.82) is 0 Å². The molecule has 1 fully saturated rings. The van der Waals surface area contributed by atoms with Gasteiger partial charge in [-0.2, -0.15) is 0 Å². The maximum atomic E-state index is 13.2. The van der Waals surface area contributed by atoms with Crippen molar-refractivity contribution < 1.29 is 19.4 Å². The first-order valence-electron chi connectivity index (χ1n) is 10.5.